The van der Waals surface area contributed by atoms with Gasteiger partial charge >= 0.3 is 0 Å². The van der Waals surface area contributed by atoms with Crippen LogP contribution in [0.5, 0.6) is 0 Å². The number of carbonyl (C=O) groups excluding carboxylic acids is 2. The summed E-state index contributed by atoms with van der Waals surface area (Å²) in [7, 11) is 0. The van der Waals surface area contributed by atoms with Crippen molar-refractivity contribution in [2.75, 3.05) is 31.1 Å². The Balaban J connectivity index is 1.83. The number of nitrogens with zero attached hydrogens (tertiary/aromatic N) is 3. The summed E-state index contributed by atoms with van der Waals surface area (Å²) in [5.74, 6) is -0.352. The topological polar surface area (TPSA) is 74.8 Å². The van der Waals surface area contributed by atoms with E-state index in [1.54, 1.807) is 24.9 Å². The summed E-state index contributed by atoms with van der Waals surface area (Å²) in [6.07, 6.45) is 1.94. The van der Waals surface area contributed by atoms with Gasteiger partial charge in [-0.2, -0.15) is 0 Å². The zero-order chi connectivity index (χ0) is 18.2. The zero-order valence-electron chi connectivity index (χ0n) is 15.3. The minimum atomic E-state index is -0.880. The number of anilines is 1. The van der Waals surface area contributed by atoms with Crippen LogP contribution in [-0.2, 0) is 9.53 Å². The standard InChI is InChI=1S/C18H26N4O3/c1-12-10-21(11-13(2)25-12)14-5-6-19-15(9-14)16(23)22-8-7-20-17(24)18(22,3)4/h5-6,9,12-13H,7-8,10-11H2,1-4H3,(H,20,24)/t12-,13+. The molecule has 2 aliphatic heterocycles. The van der Waals surface area contributed by atoms with Gasteiger partial charge in [0.05, 0.1) is 12.2 Å². The Labute approximate surface area is 148 Å². The number of carbonyl (C=O) groups is 2. The molecule has 0 saturated carbocycles. The Morgan fingerprint density at radius 1 is 1.32 bits per heavy atom. The molecule has 0 spiro atoms. The van der Waals surface area contributed by atoms with Gasteiger partial charge in [0.2, 0.25) is 5.91 Å². The quantitative estimate of drug-likeness (QED) is 0.866. The molecule has 0 radical (unpaired) electrons. The molecule has 0 aromatic carbocycles. The molecule has 7 heteroatoms. The lowest BCUT2D eigenvalue weighted by atomic mass is 9.98. The van der Waals surface area contributed by atoms with E-state index in [9.17, 15) is 9.59 Å². The number of hydrogen-bond donors (Lipinski definition) is 1. The summed E-state index contributed by atoms with van der Waals surface area (Å²) < 4.78 is 5.77. The largest absolute Gasteiger partial charge is 0.372 e. The Morgan fingerprint density at radius 2 is 2.00 bits per heavy atom. The van der Waals surface area contributed by atoms with E-state index in [0.717, 1.165) is 18.8 Å². The van der Waals surface area contributed by atoms with Gasteiger partial charge in [-0.05, 0) is 39.8 Å². The second kappa shape index (κ2) is 6.63. The van der Waals surface area contributed by atoms with Gasteiger partial charge in [-0.1, -0.05) is 0 Å². The molecular formula is C18H26N4O3. The molecule has 2 aliphatic rings. The number of pyridine rings is 1. The van der Waals surface area contributed by atoms with Gasteiger partial charge in [0.1, 0.15) is 11.2 Å². The fraction of sp³-hybridized carbons (Fsp3) is 0.611. The summed E-state index contributed by atoms with van der Waals surface area (Å²) in [5.41, 5.74) is 0.446. The second-order valence-electron chi connectivity index (χ2n) is 7.33. The molecular weight excluding hydrogens is 320 g/mol. The number of amides is 2. The van der Waals surface area contributed by atoms with Gasteiger partial charge in [-0.15, -0.1) is 0 Å². The number of hydrogen-bond acceptors (Lipinski definition) is 5. The van der Waals surface area contributed by atoms with Crippen LogP contribution in [0.4, 0.5) is 5.69 Å². The van der Waals surface area contributed by atoms with Crippen LogP contribution in [0, 0.1) is 0 Å². The van der Waals surface area contributed by atoms with Gasteiger partial charge in [0, 0.05) is 38.1 Å². The van der Waals surface area contributed by atoms with Crippen molar-refractivity contribution in [1.82, 2.24) is 15.2 Å². The summed E-state index contributed by atoms with van der Waals surface area (Å²) >= 11 is 0. The molecule has 0 aliphatic carbocycles. The van der Waals surface area contributed by atoms with Crippen molar-refractivity contribution in [3.05, 3.63) is 24.0 Å². The van der Waals surface area contributed by atoms with E-state index in [1.165, 1.54) is 0 Å². The molecule has 0 unspecified atom stereocenters. The van der Waals surface area contributed by atoms with Crippen molar-refractivity contribution in [3.8, 4) is 0 Å². The molecule has 0 bridgehead atoms. The second-order valence-corrected chi connectivity index (χ2v) is 7.33. The van der Waals surface area contributed by atoms with E-state index in [4.69, 9.17) is 4.74 Å². The number of nitrogens with one attached hydrogen (secondary N) is 1. The molecule has 3 heterocycles. The minimum absolute atomic E-state index is 0.140. The molecule has 25 heavy (non-hydrogen) atoms. The number of morpholine rings is 1. The van der Waals surface area contributed by atoms with Crippen LogP contribution in [0.15, 0.2) is 18.3 Å². The van der Waals surface area contributed by atoms with E-state index in [-0.39, 0.29) is 24.0 Å². The predicted octanol–water partition coefficient (Wildman–Crippen LogP) is 1.05. The van der Waals surface area contributed by atoms with Crippen LogP contribution >= 0.6 is 0 Å². The maximum absolute atomic E-state index is 13.0. The van der Waals surface area contributed by atoms with Crippen molar-refractivity contribution < 1.29 is 14.3 Å². The predicted molar refractivity (Wildman–Crippen MR) is 94.6 cm³/mol. The third-order valence-electron chi connectivity index (χ3n) is 4.84. The van der Waals surface area contributed by atoms with E-state index < -0.39 is 5.54 Å². The summed E-state index contributed by atoms with van der Waals surface area (Å²) in [6.45, 7) is 10.1. The minimum Gasteiger partial charge on any atom is -0.372 e. The molecule has 2 atom stereocenters. The van der Waals surface area contributed by atoms with E-state index >= 15 is 0 Å². The SMILES string of the molecule is C[C@@H]1CN(c2ccnc(C(=O)N3CCNC(=O)C3(C)C)c2)C[C@H](C)O1. The first kappa shape index (κ1) is 17.7. The molecule has 7 nitrogen and oxygen atoms in total. The van der Waals surface area contributed by atoms with Gasteiger partial charge in [-0.3, -0.25) is 14.6 Å². The number of piperazine rings is 1. The molecule has 1 aromatic rings. The average molecular weight is 346 g/mol. The Bertz CT molecular complexity index is 666. The normalized spacial score (nSPS) is 26.3. The molecule has 3 rings (SSSR count). The number of aromatic nitrogens is 1. The maximum Gasteiger partial charge on any atom is 0.273 e. The molecule has 1 aromatic heterocycles. The smallest absolute Gasteiger partial charge is 0.273 e. The summed E-state index contributed by atoms with van der Waals surface area (Å²) in [6, 6.07) is 3.73. The van der Waals surface area contributed by atoms with Crippen molar-refractivity contribution in [3.63, 3.8) is 0 Å². The van der Waals surface area contributed by atoms with Crippen molar-refractivity contribution >= 4 is 17.5 Å². The van der Waals surface area contributed by atoms with Crippen molar-refractivity contribution in [2.24, 2.45) is 0 Å². The molecule has 1 N–H and O–H groups in total. The van der Waals surface area contributed by atoms with E-state index in [2.05, 4.69) is 15.2 Å². The highest BCUT2D eigenvalue weighted by Crippen LogP contribution is 2.24. The van der Waals surface area contributed by atoms with Gasteiger partial charge in [-0.25, -0.2) is 0 Å². The van der Waals surface area contributed by atoms with Crippen LogP contribution in [0.3, 0.4) is 0 Å². The Kier molecular flexibility index (Phi) is 4.69. The Hall–Kier alpha value is -2.15. The lowest BCUT2D eigenvalue weighted by Crippen LogP contribution is -2.63. The number of ether oxygens (including phenoxy) is 1. The zero-order valence-corrected chi connectivity index (χ0v) is 15.3. The average Bonchev–Trinajstić information content (AvgIpc) is 2.56. The van der Waals surface area contributed by atoms with E-state index in [0.29, 0.717) is 18.8 Å². The molecule has 2 amide bonds. The highest BCUT2D eigenvalue weighted by atomic mass is 16.5. The summed E-state index contributed by atoms with van der Waals surface area (Å²) in [4.78, 5) is 33.1. The third kappa shape index (κ3) is 3.46. The van der Waals surface area contributed by atoms with Crippen molar-refractivity contribution in [2.45, 2.75) is 45.4 Å². The van der Waals surface area contributed by atoms with Crippen LogP contribution in [0.1, 0.15) is 38.2 Å². The van der Waals surface area contributed by atoms with Gasteiger partial charge < -0.3 is 19.9 Å². The first-order valence-corrected chi connectivity index (χ1v) is 8.76. The summed E-state index contributed by atoms with van der Waals surface area (Å²) in [5, 5.41) is 2.81. The molecule has 2 saturated heterocycles. The van der Waals surface area contributed by atoms with Crippen LogP contribution in [-0.4, -0.2) is 65.6 Å². The lowest BCUT2D eigenvalue weighted by Gasteiger charge is -2.41. The first-order chi connectivity index (χ1) is 11.8. The van der Waals surface area contributed by atoms with Gasteiger partial charge in [0.15, 0.2) is 0 Å². The van der Waals surface area contributed by atoms with Gasteiger partial charge in [0.25, 0.3) is 5.91 Å². The fourth-order valence-electron chi connectivity index (χ4n) is 3.52. The van der Waals surface area contributed by atoms with Crippen molar-refractivity contribution in [1.29, 1.82) is 0 Å². The third-order valence-corrected chi connectivity index (χ3v) is 4.84. The lowest BCUT2D eigenvalue weighted by molar-refractivity contribution is -0.133. The maximum atomic E-state index is 13.0. The highest BCUT2D eigenvalue weighted by Gasteiger charge is 2.41. The van der Waals surface area contributed by atoms with E-state index in [1.807, 2.05) is 26.0 Å². The van der Waals surface area contributed by atoms with Crippen LogP contribution in [0.25, 0.3) is 0 Å². The van der Waals surface area contributed by atoms with Crippen LogP contribution < -0.4 is 10.2 Å². The number of rotatable bonds is 2. The monoisotopic (exact) mass is 346 g/mol. The first-order valence-electron chi connectivity index (χ1n) is 8.76. The van der Waals surface area contributed by atoms with Crippen LogP contribution in [0.2, 0.25) is 0 Å². The molecule has 136 valence electrons. The Morgan fingerprint density at radius 3 is 2.68 bits per heavy atom. The highest BCUT2D eigenvalue weighted by molar-refractivity contribution is 5.99. The molecule has 2 fully saturated rings. The fourth-order valence-corrected chi connectivity index (χ4v) is 3.52.